The Balaban J connectivity index is 0.000000321. The van der Waals surface area contributed by atoms with E-state index in [4.69, 9.17) is 11.6 Å². The summed E-state index contributed by atoms with van der Waals surface area (Å²) in [4.78, 5) is 3.92. The first-order chi connectivity index (χ1) is 12.3. The number of halogens is 7. The summed E-state index contributed by atoms with van der Waals surface area (Å²) >= 11 is 6.01. The predicted octanol–water partition coefficient (Wildman–Crippen LogP) is 8.82. The Kier molecular flexibility index (Phi) is 5.91. The van der Waals surface area contributed by atoms with E-state index in [2.05, 4.69) is 72.8 Å². The van der Waals surface area contributed by atoms with Crippen LogP contribution in [0.25, 0.3) is 0 Å². The first-order valence-corrected chi connectivity index (χ1v) is 11.1. The molecule has 27 heavy (non-hydrogen) atoms. The summed E-state index contributed by atoms with van der Waals surface area (Å²) in [6, 6.07) is 29.4. The predicted molar refractivity (Wildman–Crippen MR) is 100 cm³/mol. The minimum atomic E-state index is -10.7. The Morgan fingerprint density at radius 1 is 0.519 bits per heavy atom. The maximum atomic E-state index is 9.87. The summed E-state index contributed by atoms with van der Waals surface area (Å²) in [5.74, 6) is 0. The van der Waals surface area contributed by atoms with Crippen molar-refractivity contribution in [2.75, 3.05) is 0 Å². The molecule has 0 aliphatic rings. The van der Waals surface area contributed by atoms with E-state index in [9.17, 15) is 25.2 Å². The minimum absolute atomic E-state index is 0.0815. The zero-order chi connectivity index (χ0) is 20.2. The van der Waals surface area contributed by atoms with Crippen molar-refractivity contribution in [3.05, 3.63) is 90.0 Å². The zero-order valence-electron chi connectivity index (χ0n) is 13.6. The fourth-order valence-corrected chi connectivity index (χ4v) is 4.30. The Morgan fingerprint density at radius 3 is 1.15 bits per heavy atom. The van der Waals surface area contributed by atoms with Crippen molar-refractivity contribution in [2.45, 2.75) is 14.7 Å². The Hall–Kier alpha value is -1.69. The fraction of sp³-hybridized carbons (Fsp3) is 0. The summed E-state index contributed by atoms with van der Waals surface area (Å²) in [6.45, 7) is 0. The molecule has 0 N–H and O–H groups in total. The second kappa shape index (κ2) is 7.38. The van der Waals surface area contributed by atoms with Gasteiger partial charge in [-0.15, -0.1) is 0 Å². The van der Waals surface area contributed by atoms with Gasteiger partial charge in [0.05, 0.1) is 10.9 Å². The Bertz CT molecular complexity index is 818. The zero-order valence-corrected chi connectivity index (χ0v) is 16.1. The van der Waals surface area contributed by atoms with Crippen molar-refractivity contribution in [3.63, 3.8) is 0 Å². The van der Waals surface area contributed by atoms with Gasteiger partial charge in [0.15, 0.2) is 14.7 Å². The Morgan fingerprint density at radius 2 is 0.815 bits per heavy atom. The van der Waals surface area contributed by atoms with Gasteiger partial charge >= 0.3 is 33.0 Å². The summed E-state index contributed by atoms with van der Waals surface area (Å²) in [5.41, 5.74) is 0. The molecule has 0 atom stereocenters. The summed E-state index contributed by atoms with van der Waals surface area (Å²) in [6.07, 6.45) is 0. The van der Waals surface area contributed by atoms with Crippen molar-refractivity contribution in [1.29, 1.82) is 0 Å². The molecule has 3 rings (SSSR count). The van der Waals surface area contributed by atoms with E-state index in [0.29, 0.717) is 0 Å². The molecule has 0 aliphatic carbocycles. The molecule has 3 aromatic rings. The summed E-state index contributed by atoms with van der Waals surface area (Å²) < 4.78 is 59.2. The molecule has 0 heterocycles. The second-order valence-electron chi connectivity index (χ2n) is 5.34. The topological polar surface area (TPSA) is 0 Å². The molecule has 0 bridgehead atoms. The van der Waals surface area contributed by atoms with Gasteiger partial charge < -0.3 is 0 Å². The van der Waals surface area contributed by atoms with E-state index in [1.165, 1.54) is 14.7 Å². The average molecular weight is 443 g/mol. The van der Waals surface area contributed by atoms with Crippen LogP contribution in [0.1, 0.15) is 0 Å². The van der Waals surface area contributed by atoms with Gasteiger partial charge in [0, 0.05) is 5.02 Å². The number of hydrogen-bond donors (Lipinski definition) is 0. The van der Waals surface area contributed by atoms with Crippen LogP contribution in [-0.4, -0.2) is 0 Å². The molecule has 0 aliphatic heterocycles. The molecule has 0 radical (unpaired) electrons. The van der Waals surface area contributed by atoms with Crippen LogP contribution >= 0.6 is 19.4 Å². The van der Waals surface area contributed by atoms with Gasteiger partial charge in [0.1, 0.15) is 0 Å². The molecular weight excluding hydrogens is 429 g/mol. The molecule has 0 nitrogen and oxygen atoms in total. The molecule has 146 valence electrons. The van der Waals surface area contributed by atoms with Gasteiger partial charge in [-0.3, -0.25) is 0 Å². The van der Waals surface area contributed by atoms with E-state index >= 15 is 0 Å². The SMILES string of the molecule is Clc1ccc([S+](c2ccccc2)c2ccccc2)cc1.F[P-](F)(F)(F)(F)F. The molecule has 9 heteroatoms. The van der Waals surface area contributed by atoms with Crippen LogP contribution in [0.15, 0.2) is 99.6 Å². The van der Waals surface area contributed by atoms with Crippen molar-refractivity contribution >= 4 is 30.3 Å². The normalized spacial score (nSPS) is 13.9. The number of rotatable bonds is 3. The number of hydrogen-bond acceptors (Lipinski definition) is 0. The molecule has 0 spiro atoms. The van der Waals surface area contributed by atoms with Crippen molar-refractivity contribution < 1.29 is 25.2 Å². The molecular formula is C18H14ClF6PS. The fourth-order valence-electron chi connectivity index (χ4n) is 2.09. The van der Waals surface area contributed by atoms with Crippen LogP contribution in [0, 0.1) is 0 Å². The van der Waals surface area contributed by atoms with E-state index in [-0.39, 0.29) is 10.9 Å². The molecule has 3 aromatic carbocycles. The molecule has 0 amide bonds. The first-order valence-electron chi connectivity index (χ1n) is 7.46. The van der Waals surface area contributed by atoms with Crippen LogP contribution in [0.3, 0.4) is 0 Å². The molecule has 0 saturated carbocycles. The van der Waals surface area contributed by atoms with E-state index in [1.807, 2.05) is 12.1 Å². The third-order valence-corrected chi connectivity index (χ3v) is 5.49. The molecule has 0 aromatic heterocycles. The standard InChI is InChI=1S/C18H14ClS.F6P/c19-15-11-13-18(14-12-15)20(16-7-3-1-4-8-16)17-9-5-2-6-10-17;1-7(2,3,4,5)6/h1-14H;/q+1;-1. The van der Waals surface area contributed by atoms with Crippen molar-refractivity contribution in [3.8, 4) is 0 Å². The van der Waals surface area contributed by atoms with E-state index < -0.39 is 7.81 Å². The van der Waals surface area contributed by atoms with Gasteiger partial charge in [-0.25, -0.2) is 0 Å². The van der Waals surface area contributed by atoms with Gasteiger partial charge in [-0.2, -0.15) is 0 Å². The average Bonchev–Trinajstić information content (AvgIpc) is 2.56. The Labute approximate surface area is 160 Å². The van der Waals surface area contributed by atoms with Crippen LogP contribution < -0.4 is 0 Å². The molecule has 0 unspecified atom stereocenters. The van der Waals surface area contributed by atoms with Crippen LogP contribution in [-0.2, 0) is 10.9 Å². The number of benzene rings is 3. The summed E-state index contributed by atoms with van der Waals surface area (Å²) in [5, 5.41) is 0.776. The third-order valence-electron chi connectivity index (χ3n) is 3.01. The second-order valence-corrected chi connectivity index (χ2v) is 9.72. The monoisotopic (exact) mass is 442 g/mol. The van der Waals surface area contributed by atoms with Crippen LogP contribution in [0.4, 0.5) is 25.2 Å². The van der Waals surface area contributed by atoms with Crippen LogP contribution in [0.5, 0.6) is 0 Å². The summed E-state index contributed by atoms with van der Waals surface area (Å²) in [7, 11) is -10.7. The van der Waals surface area contributed by atoms with Gasteiger partial charge in [-0.05, 0) is 48.5 Å². The van der Waals surface area contributed by atoms with E-state index in [0.717, 1.165) is 5.02 Å². The van der Waals surface area contributed by atoms with Crippen molar-refractivity contribution in [1.82, 2.24) is 0 Å². The first kappa shape index (κ1) is 21.6. The molecule has 0 fully saturated rings. The van der Waals surface area contributed by atoms with Crippen LogP contribution in [0.2, 0.25) is 5.02 Å². The quantitative estimate of drug-likeness (QED) is 0.216. The third kappa shape index (κ3) is 9.18. The van der Waals surface area contributed by atoms with Crippen molar-refractivity contribution in [2.24, 2.45) is 0 Å². The maximum absolute atomic E-state index is 10.7. The van der Waals surface area contributed by atoms with Gasteiger partial charge in [-0.1, -0.05) is 48.0 Å². The van der Waals surface area contributed by atoms with Gasteiger partial charge in [0.25, 0.3) is 0 Å². The van der Waals surface area contributed by atoms with Gasteiger partial charge in [0.2, 0.25) is 0 Å². The molecule has 0 saturated heterocycles. The van der Waals surface area contributed by atoms with E-state index in [1.54, 1.807) is 0 Å².